The second-order valence-corrected chi connectivity index (χ2v) is 6.51. The second kappa shape index (κ2) is 8.35. The van der Waals surface area contributed by atoms with Crippen molar-refractivity contribution in [3.8, 4) is 0 Å². The number of fused-ring (bicyclic) bond motifs is 1. The number of H-pyrrole nitrogens is 1. The van der Waals surface area contributed by atoms with Gasteiger partial charge in [0.1, 0.15) is 0 Å². The molecule has 7 nitrogen and oxygen atoms in total. The Morgan fingerprint density at radius 1 is 1.19 bits per heavy atom. The van der Waals surface area contributed by atoms with Crippen LogP contribution in [0.2, 0.25) is 0 Å². The van der Waals surface area contributed by atoms with Crippen LogP contribution in [0.3, 0.4) is 0 Å². The lowest BCUT2D eigenvalue weighted by atomic mass is 10.0. The first-order chi connectivity index (χ1) is 13.0. The fourth-order valence-electron chi connectivity index (χ4n) is 3.04. The van der Waals surface area contributed by atoms with Crippen molar-refractivity contribution in [2.24, 2.45) is 0 Å². The standard InChI is InChI=1S/C20H22N4O3/c1-13-7-9-17(19-16(13)12-21-24-19)23-20(27)22-15(8-10-18(25)26)11-14-5-3-2-4-6-14/h2-7,9,12,15H,8,10-11H2,1H3,(H,21,24)(H,25,26)(H2,22,23,27). The van der Waals surface area contributed by atoms with Crippen LogP contribution >= 0.6 is 0 Å². The smallest absolute Gasteiger partial charge is 0.319 e. The van der Waals surface area contributed by atoms with Crippen LogP contribution in [0.4, 0.5) is 10.5 Å². The molecule has 1 atom stereocenters. The van der Waals surface area contributed by atoms with Crippen LogP contribution in [0.25, 0.3) is 10.9 Å². The maximum atomic E-state index is 12.5. The number of nitrogens with zero attached hydrogens (tertiary/aromatic N) is 1. The van der Waals surface area contributed by atoms with Crippen molar-refractivity contribution in [1.29, 1.82) is 0 Å². The molecule has 3 aromatic rings. The molecule has 0 spiro atoms. The van der Waals surface area contributed by atoms with Crippen LogP contribution in [0, 0.1) is 6.92 Å². The van der Waals surface area contributed by atoms with Gasteiger partial charge in [-0.15, -0.1) is 0 Å². The predicted octanol–water partition coefficient (Wildman–Crippen LogP) is 3.47. The number of carbonyl (C=O) groups is 2. The van der Waals surface area contributed by atoms with E-state index < -0.39 is 5.97 Å². The number of amides is 2. The van der Waals surface area contributed by atoms with E-state index in [1.807, 2.05) is 49.4 Å². The Labute approximate surface area is 156 Å². The minimum absolute atomic E-state index is 0.00684. The number of aryl methyl sites for hydroxylation is 1. The molecule has 2 amide bonds. The number of nitrogens with one attached hydrogen (secondary N) is 3. The van der Waals surface area contributed by atoms with Gasteiger partial charge in [-0.2, -0.15) is 5.10 Å². The molecule has 27 heavy (non-hydrogen) atoms. The van der Waals surface area contributed by atoms with Crippen LogP contribution < -0.4 is 10.6 Å². The maximum absolute atomic E-state index is 12.5. The fraction of sp³-hybridized carbons (Fsp3) is 0.250. The third-order valence-corrected chi connectivity index (χ3v) is 4.45. The normalized spacial score (nSPS) is 11.9. The molecule has 0 radical (unpaired) electrons. The Kier molecular flexibility index (Phi) is 5.71. The Hall–Kier alpha value is -3.35. The molecular formula is C20H22N4O3. The van der Waals surface area contributed by atoms with Gasteiger partial charge in [0.05, 0.1) is 17.4 Å². The molecule has 1 unspecified atom stereocenters. The van der Waals surface area contributed by atoms with Crippen molar-refractivity contribution in [2.75, 3.05) is 5.32 Å². The molecule has 0 aliphatic carbocycles. The highest BCUT2D eigenvalue weighted by Crippen LogP contribution is 2.24. The summed E-state index contributed by atoms with van der Waals surface area (Å²) < 4.78 is 0. The Morgan fingerprint density at radius 3 is 2.70 bits per heavy atom. The van der Waals surface area contributed by atoms with Gasteiger partial charge in [0.15, 0.2) is 0 Å². The summed E-state index contributed by atoms with van der Waals surface area (Å²) in [6.07, 6.45) is 2.63. The first kappa shape index (κ1) is 18.4. The number of hydrogen-bond donors (Lipinski definition) is 4. The molecule has 0 aliphatic rings. The first-order valence-corrected chi connectivity index (χ1v) is 8.79. The zero-order valence-corrected chi connectivity index (χ0v) is 15.0. The zero-order valence-electron chi connectivity index (χ0n) is 15.0. The molecule has 1 aromatic heterocycles. The lowest BCUT2D eigenvalue weighted by Gasteiger charge is -2.19. The molecule has 1 heterocycles. The molecule has 2 aromatic carbocycles. The fourth-order valence-corrected chi connectivity index (χ4v) is 3.04. The molecule has 0 saturated carbocycles. The lowest BCUT2D eigenvalue weighted by molar-refractivity contribution is -0.137. The van der Waals surface area contributed by atoms with Gasteiger partial charge in [-0.1, -0.05) is 36.4 Å². The number of anilines is 1. The summed E-state index contributed by atoms with van der Waals surface area (Å²) in [5.74, 6) is -0.882. The van der Waals surface area contributed by atoms with Crippen molar-refractivity contribution in [3.05, 3.63) is 59.8 Å². The molecular weight excluding hydrogens is 344 g/mol. The summed E-state index contributed by atoms with van der Waals surface area (Å²) in [5.41, 5.74) is 3.49. The highest BCUT2D eigenvalue weighted by Gasteiger charge is 2.16. The van der Waals surface area contributed by atoms with Crippen molar-refractivity contribution in [1.82, 2.24) is 15.5 Å². The number of aromatic amines is 1. The SMILES string of the molecule is Cc1ccc(NC(=O)NC(CCC(=O)O)Cc2ccccc2)c2[nH]ncc12. The maximum Gasteiger partial charge on any atom is 0.319 e. The number of hydrogen-bond acceptors (Lipinski definition) is 3. The predicted molar refractivity (Wildman–Crippen MR) is 104 cm³/mol. The summed E-state index contributed by atoms with van der Waals surface area (Å²) >= 11 is 0. The van der Waals surface area contributed by atoms with E-state index in [9.17, 15) is 9.59 Å². The van der Waals surface area contributed by atoms with Gasteiger partial charge in [-0.3, -0.25) is 9.89 Å². The van der Waals surface area contributed by atoms with Crippen LogP contribution in [-0.4, -0.2) is 33.3 Å². The average molecular weight is 366 g/mol. The summed E-state index contributed by atoms with van der Waals surface area (Å²) in [6.45, 7) is 1.98. The topological polar surface area (TPSA) is 107 Å². The van der Waals surface area contributed by atoms with Crippen molar-refractivity contribution >= 4 is 28.6 Å². The number of aliphatic carboxylic acids is 1. The van der Waals surface area contributed by atoms with E-state index in [2.05, 4.69) is 20.8 Å². The number of carbonyl (C=O) groups excluding carboxylic acids is 1. The summed E-state index contributed by atoms with van der Waals surface area (Å²) in [5, 5.41) is 22.6. The molecule has 140 valence electrons. The van der Waals surface area contributed by atoms with Crippen LogP contribution in [0.15, 0.2) is 48.7 Å². The summed E-state index contributed by atoms with van der Waals surface area (Å²) in [6, 6.07) is 12.8. The number of rotatable bonds is 7. The van der Waals surface area contributed by atoms with Gasteiger partial charge in [-0.25, -0.2) is 4.79 Å². The highest BCUT2D eigenvalue weighted by molar-refractivity contribution is 6.00. The van der Waals surface area contributed by atoms with Crippen LogP contribution in [0.1, 0.15) is 24.0 Å². The number of aromatic nitrogens is 2. The average Bonchev–Trinajstić information content (AvgIpc) is 3.14. The summed E-state index contributed by atoms with van der Waals surface area (Å²) in [4.78, 5) is 23.4. The van der Waals surface area contributed by atoms with Gasteiger partial charge in [0, 0.05) is 17.8 Å². The van der Waals surface area contributed by atoms with E-state index in [0.29, 0.717) is 18.5 Å². The molecule has 4 N–H and O–H groups in total. The second-order valence-electron chi connectivity index (χ2n) is 6.51. The van der Waals surface area contributed by atoms with E-state index in [4.69, 9.17) is 5.11 Å². The van der Waals surface area contributed by atoms with Gasteiger partial charge in [0.25, 0.3) is 0 Å². The van der Waals surface area contributed by atoms with Crippen molar-refractivity contribution in [2.45, 2.75) is 32.2 Å². The van der Waals surface area contributed by atoms with Gasteiger partial charge >= 0.3 is 12.0 Å². The van der Waals surface area contributed by atoms with Gasteiger partial charge in [-0.05, 0) is 37.0 Å². The number of urea groups is 1. The Bertz CT molecular complexity index is 937. The van der Waals surface area contributed by atoms with E-state index in [0.717, 1.165) is 22.0 Å². The largest absolute Gasteiger partial charge is 0.481 e. The minimum Gasteiger partial charge on any atom is -0.481 e. The Morgan fingerprint density at radius 2 is 1.96 bits per heavy atom. The highest BCUT2D eigenvalue weighted by atomic mass is 16.4. The molecule has 0 saturated heterocycles. The third kappa shape index (κ3) is 4.84. The van der Waals surface area contributed by atoms with E-state index >= 15 is 0 Å². The van der Waals surface area contributed by atoms with E-state index in [-0.39, 0.29) is 18.5 Å². The van der Waals surface area contributed by atoms with E-state index in [1.54, 1.807) is 6.20 Å². The van der Waals surface area contributed by atoms with Gasteiger partial charge < -0.3 is 15.7 Å². The first-order valence-electron chi connectivity index (χ1n) is 8.79. The molecule has 7 heteroatoms. The number of carboxylic acids is 1. The molecule has 0 bridgehead atoms. The quantitative estimate of drug-likeness (QED) is 0.513. The Balaban J connectivity index is 1.70. The zero-order chi connectivity index (χ0) is 19.2. The molecule has 3 rings (SSSR count). The third-order valence-electron chi connectivity index (χ3n) is 4.45. The monoisotopic (exact) mass is 366 g/mol. The number of benzene rings is 2. The lowest BCUT2D eigenvalue weighted by Crippen LogP contribution is -2.39. The van der Waals surface area contributed by atoms with E-state index in [1.165, 1.54) is 0 Å². The van der Waals surface area contributed by atoms with Crippen molar-refractivity contribution in [3.63, 3.8) is 0 Å². The van der Waals surface area contributed by atoms with Crippen LogP contribution in [0.5, 0.6) is 0 Å². The minimum atomic E-state index is -0.882. The van der Waals surface area contributed by atoms with Crippen LogP contribution in [-0.2, 0) is 11.2 Å². The molecule has 0 aliphatic heterocycles. The van der Waals surface area contributed by atoms with Gasteiger partial charge in [0.2, 0.25) is 0 Å². The molecule has 0 fully saturated rings. The summed E-state index contributed by atoms with van der Waals surface area (Å²) in [7, 11) is 0. The van der Waals surface area contributed by atoms with Crippen molar-refractivity contribution < 1.29 is 14.7 Å². The number of carboxylic acid groups (broad SMARTS) is 1.